The average molecular weight is 351 g/mol. The van der Waals surface area contributed by atoms with E-state index in [-0.39, 0.29) is 10.3 Å². The lowest BCUT2D eigenvalue weighted by Gasteiger charge is -2.02. The fourth-order valence-electron chi connectivity index (χ4n) is 2.35. The van der Waals surface area contributed by atoms with Crippen LogP contribution in [-0.4, -0.2) is 20.1 Å². The van der Waals surface area contributed by atoms with E-state index in [1.165, 1.54) is 6.92 Å². The number of aromatic nitrogens is 3. The highest BCUT2D eigenvalue weighted by atomic mass is 32.1. The van der Waals surface area contributed by atoms with Gasteiger partial charge in [-0.25, -0.2) is 0 Å². The van der Waals surface area contributed by atoms with Crippen molar-refractivity contribution >= 4 is 18.0 Å². The Labute approximate surface area is 147 Å². The molecule has 0 spiro atoms. The van der Waals surface area contributed by atoms with Crippen molar-refractivity contribution in [2.24, 2.45) is 0 Å². The average Bonchev–Trinajstić information content (AvgIpc) is 2.72. The number of nitrogens with zero attached hydrogens (tertiary/aromatic N) is 3. The summed E-state index contributed by atoms with van der Waals surface area (Å²) < 4.78 is 1.85. The number of hydrogen-bond acceptors (Lipinski definition) is 5. The molecule has 0 atom stereocenters. The smallest absolute Gasteiger partial charge is 0.293 e. The topological polar surface area (TPSA) is 74.0 Å². The van der Waals surface area contributed by atoms with Crippen molar-refractivity contribution in [3.63, 3.8) is 0 Å². The van der Waals surface area contributed by atoms with E-state index in [4.69, 9.17) is 12.2 Å². The lowest BCUT2D eigenvalue weighted by molar-refractivity contribution is 0.101. The second-order valence-electron chi connectivity index (χ2n) is 5.24. The van der Waals surface area contributed by atoms with Crippen molar-refractivity contribution < 1.29 is 4.79 Å². The van der Waals surface area contributed by atoms with Crippen LogP contribution in [0.2, 0.25) is 0 Å². The summed E-state index contributed by atoms with van der Waals surface area (Å²) in [6, 6.07) is 16.9. The summed E-state index contributed by atoms with van der Waals surface area (Å²) in [5, 5.41) is 4.08. The largest absolute Gasteiger partial charge is 0.337 e. The van der Waals surface area contributed by atoms with E-state index in [9.17, 15) is 14.4 Å². The number of carbonyl (C=O) groups is 1. The van der Waals surface area contributed by atoms with Gasteiger partial charge in [-0.05, 0) is 24.3 Å². The second-order valence-corrected chi connectivity index (χ2v) is 5.63. The zero-order valence-corrected chi connectivity index (χ0v) is 14.1. The molecule has 124 valence electrons. The van der Waals surface area contributed by atoms with Crippen LogP contribution in [0.5, 0.6) is 0 Å². The maximum atomic E-state index is 12.8. The molecule has 0 bridgehead atoms. The third kappa shape index (κ3) is 3.09. The van der Waals surface area contributed by atoms with Gasteiger partial charge in [0.05, 0.1) is 11.4 Å². The molecular weight excluding hydrogens is 338 g/mol. The van der Waals surface area contributed by atoms with E-state index in [1.54, 1.807) is 60.7 Å². The van der Waals surface area contributed by atoms with Crippen LogP contribution in [0.1, 0.15) is 17.4 Å². The summed E-state index contributed by atoms with van der Waals surface area (Å²) >= 11 is 5.30. The normalized spacial score (nSPS) is 10.4. The number of rotatable bonds is 3. The van der Waals surface area contributed by atoms with E-state index >= 15 is 0 Å². The molecule has 0 saturated carbocycles. The molecule has 2 aromatic carbocycles. The molecule has 3 aromatic rings. The summed E-state index contributed by atoms with van der Waals surface area (Å²) in [6.45, 7) is 1.29. The third-order valence-electron chi connectivity index (χ3n) is 3.53. The van der Waals surface area contributed by atoms with Crippen molar-refractivity contribution in [1.82, 2.24) is 14.3 Å². The summed E-state index contributed by atoms with van der Waals surface area (Å²) in [5.41, 5.74) is -1.12. The Hall–Kier alpha value is -3.19. The van der Waals surface area contributed by atoms with Crippen molar-refractivity contribution in [1.29, 1.82) is 0 Å². The standard InChI is InChI=1S/C18H13N3O3S/c1-12(22)15-18(25)20(13-8-4-2-5-9-13)16(23)17(24)21(19-15)14-10-6-3-7-11-14/h2-11H,1H3. The molecule has 0 amide bonds. The highest BCUT2D eigenvalue weighted by molar-refractivity contribution is 7.71. The zero-order chi connectivity index (χ0) is 18.0. The first-order valence-corrected chi connectivity index (χ1v) is 7.84. The monoisotopic (exact) mass is 351 g/mol. The number of benzene rings is 2. The van der Waals surface area contributed by atoms with Gasteiger partial charge in [-0.2, -0.15) is 9.78 Å². The lowest BCUT2D eigenvalue weighted by Crippen LogP contribution is -2.37. The molecule has 0 aliphatic carbocycles. The van der Waals surface area contributed by atoms with Crippen molar-refractivity contribution in [3.05, 3.63) is 91.7 Å². The van der Waals surface area contributed by atoms with Gasteiger partial charge in [-0.15, -0.1) is 0 Å². The van der Waals surface area contributed by atoms with Gasteiger partial charge in [0, 0.05) is 6.92 Å². The molecule has 0 radical (unpaired) electrons. The molecule has 0 unspecified atom stereocenters. The van der Waals surface area contributed by atoms with Gasteiger partial charge in [-0.3, -0.25) is 19.0 Å². The highest BCUT2D eigenvalue weighted by Gasteiger charge is 2.15. The Morgan fingerprint density at radius 2 is 1.40 bits per heavy atom. The van der Waals surface area contributed by atoms with E-state index in [2.05, 4.69) is 5.10 Å². The zero-order valence-electron chi connectivity index (χ0n) is 13.2. The van der Waals surface area contributed by atoms with Crippen molar-refractivity contribution in [3.8, 4) is 11.4 Å². The number of Topliss-reactive ketones (excluding diaryl/α,β-unsaturated/α-hetero) is 1. The third-order valence-corrected chi connectivity index (χ3v) is 3.91. The number of para-hydroxylation sites is 2. The van der Waals surface area contributed by atoms with Crippen LogP contribution in [0, 0.1) is 4.64 Å². The van der Waals surface area contributed by atoms with E-state index < -0.39 is 16.9 Å². The second kappa shape index (κ2) is 6.74. The fraction of sp³-hybridized carbons (Fsp3) is 0.0556. The fourth-order valence-corrected chi connectivity index (χ4v) is 2.72. The molecule has 0 fully saturated rings. The van der Waals surface area contributed by atoms with Crippen LogP contribution < -0.4 is 11.1 Å². The van der Waals surface area contributed by atoms with Gasteiger partial charge in [0.1, 0.15) is 4.64 Å². The minimum absolute atomic E-state index is 0.101. The quantitative estimate of drug-likeness (QED) is 0.411. The van der Waals surface area contributed by atoms with Crippen molar-refractivity contribution in [2.75, 3.05) is 0 Å². The first-order chi connectivity index (χ1) is 12.0. The van der Waals surface area contributed by atoms with Gasteiger partial charge < -0.3 is 0 Å². The highest BCUT2D eigenvalue weighted by Crippen LogP contribution is 2.08. The molecule has 0 saturated heterocycles. The van der Waals surface area contributed by atoms with E-state index in [0.717, 1.165) is 9.25 Å². The maximum Gasteiger partial charge on any atom is 0.337 e. The van der Waals surface area contributed by atoms with Crippen LogP contribution in [0.25, 0.3) is 11.4 Å². The maximum absolute atomic E-state index is 12.8. The van der Waals surface area contributed by atoms with Gasteiger partial charge in [0.25, 0.3) is 0 Å². The Morgan fingerprint density at radius 3 is 1.92 bits per heavy atom. The molecule has 0 aliphatic heterocycles. The number of hydrogen-bond donors (Lipinski definition) is 0. The Balaban J connectivity index is 2.51. The summed E-state index contributed by atoms with van der Waals surface area (Å²) in [6.07, 6.45) is 0. The molecule has 1 heterocycles. The van der Waals surface area contributed by atoms with Gasteiger partial charge in [0.15, 0.2) is 11.5 Å². The minimum Gasteiger partial charge on any atom is -0.293 e. The summed E-state index contributed by atoms with van der Waals surface area (Å²) in [5.74, 6) is -0.436. The first-order valence-electron chi connectivity index (χ1n) is 7.43. The van der Waals surface area contributed by atoms with Gasteiger partial charge in [0.2, 0.25) is 0 Å². The predicted molar refractivity (Wildman–Crippen MR) is 96.3 cm³/mol. The molecule has 3 rings (SSSR count). The summed E-state index contributed by atoms with van der Waals surface area (Å²) in [4.78, 5) is 37.5. The first kappa shape index (κ1) is 16.7. The van der Waals surface area contributed by atoms with Crippen LogP contribution in [-0.2, 0) is 0 Å². The molecule has 7 heteroatoms. The molecule has 0 aliphatic rings. The van der Waals surface area contributed by atoms with E-state index in [0.29, 0.717) is 11.4 Å². The molecule has 1 aromatic heterocycles. The van der Waals surface area contributed by atoms with Crippen LogP contribution in [0.3, 0.4) is 0 Å². The predicted octanol–water partition coefficient (Wildman–Crippen LogP) is 2.32. The Kier molecular flexibility index (Phi) is 4.49. The molecule has 6 nitrogen and oxygen atoms in total. The van der Waals surface area contributed by atoms with Crippen LogP contribution in [0.15, 0.2) is 70.3 Å². The van der Waals surface area contributed by atoms with Crippen LogP contribution >= 0.6 is 12.2 Å². The number of carbonyl (C=O) groups excluding carboxylic acids is 1. The number of ketones is 1. The minimum atomic E-state index is -0.895. The van der Waals surface area contributed by atoms with Crippen LogP contribution in [0.4, 0.5) is 0 Å². The Morgan fingerprint density at radius 1 is 0.880 bits per heavy atom. The lowest BCUT2D eigenvalue weighted by atomic mass is 10.3. The molecule has 0 N–H and O–H groups in total. The van der Waals surface area contributed by atoms with Gasteiger partial charge in [-0.1, -0.05) is 48.6 Å². The Bertz CT molecular complexity index is 1120. The molecular formula is C18H13N3O3S. The molecule has 25 heavy (non-hydrogen) atoms. The summed E-state index contributed by atoms with van der Waals surface area (Å²) in [7, 11) is 0. The SMILES string of the molecule is CC(=O)c1nn(-c2ccccc2)c(=O)c(=O)n(-c2ccccc2)c1=S. The van der Waals surface area contributed by atoms with Crippen molar-refractivity contribution in [2.45, 2.75) is 6.92 Å². The van der Waals surface area contributed by atoms with Gasteiger partial charge >= 0.3 is 11.1 Å². The van der Waals surface area contributed by atoms with E-state index in [1.807, 2.05) is 0 Å².